The number of hydrogen-bond donors (Lipinski definition) is 1. The molecule has 98 valence electrons. The Morgan fingerprint density at radius 1 is 1.21 bits per heavy atom. The molecule has 2 aromatic rings. The van der Waals surface area contributed by atoms with Crippen molar-refractivity contribution in [2.24, 2.45) is 5.73 Å². The Balaban J connectivity index is 2.04. The summed E-state index contributed by atoms with van der Waals surface area (Å²) in [5.41, 5.74) is 6.40. The van der Waals surface area contributed by atoms with Gasteiger partial charge in [-0.05, 0) is 36.4 Å². The lowest BCUT2D eigenvalue weighted by Gasteiger charge is -2.08. The third-order valence-corrected chi connectivity index (χ3v) is 3.29. The minimum Gasteiger partial charge on any atom is -0.489 e. The summed E-state index contributed by atoms with van der Waals surface area (Å²) in [6.07, 6.45) is 0. The van der Waals surface area contributed by atoms with E-state index >= 15 is 0 Å². The summed E-state index contributed by atoms with van der Waals surface area (Å²) in [6.45, 7) is 0.302. The van der Waals surface area contributed by atoms with Crippen molar-refractivity contribution in [3.05, 3.63) is 63.9 Å². The third kappa shape index (κ3) is 3.54. The van der Waals surface area contributed by atoms with Crippen molar-refractivity contribution in [1.29, 1.82) is 0 Å². The van der Waals surface area contributed by atoms with Crippen molar-refractivity contribution in [2.45, 2.75) is 6.61 Å². The predicted molar refractivity (Wildman–Crippen MR) is 73.4 cm³/mol. The zero-order valence-electron chi connectivity index (χ0n) is 9.90. The monoisotopic (exact) mass is 323 g/mol. The molecule has 5 heteroatoms. The van der Waals surface area contributed by atoms with Crippen LogP contribution in [0, 0.1) is 5.82 Å². The second-order valence-electron chi connectivity index (χ2n) is 3.91. The van der Waals surface area contributed by atoms with Gasteiger partial charge in [-0.3, -0.25) is 4.79 Å². The highest BCUT2D eigenvalue weighted by Crippen LogP contribution is 2.20. The second-order valence-corrected chi connectivity index (χ2v) is 4.77. The number of halogens is 2. The normalized spacial score (nSPS) is 10.2. The van der Waals surface area contributed by atoms with Crippen LogP contribution in [0.25, 0.3) is 0 Å². The zero-order valence-corrected chi connectivity index (χ0v) is 11.5. The van der Waals surface area contributed by atoms with Crippen LogP contribution in [-0.4, -0.2) is 5.91 Å². The van der Waals surface area contributed by atoms with Gasteiger partial charge in [0.15, 0.2) is 0 Å². The predicted octanol–water partition coefficient (Wildman–Crippen LogP) is 3.27. The van der Waals surface area contributed by atoms with Crippen LogP contribution in [-0.2, 0) is 6.61 Å². The van der Waals surface area contributed by atoms with E-state index in [4.69, 9.17) is 10.5 Å². The number of carbonyl (C=O) groups is 1. The molecular formula is C14H11BrFNO2. The van der Waals surface area contributed by atoms with E-state index in [1.807, 2.05) is 0 Å². The lowest BCUT2D eigenvalue weighted by atomic mass is 10.2. The van der Waals surface area contributed by atoms with Gasteiger partial charge in [-0.25, -0.2) is 4.39 Å². The zero-order chi connectivity index (χ0) is 13.8. The van der Waals surface area contributed by atoms with Crippen LogP contribution in [0.15, 0.2) is 46.9 Å². The number of primary amides is 1. The van der Waals surface area contributed by atoms with Crippen LogP contribution in [0.4, 0.5) is 4.39 Å². The molecule has 0 fully saturated rings. The highest BCUT2D eigenvalue weighted by Gasteiger charge is 2.04. The molecule has 0 saturated carbocycles. The minimum atomic E-state index is -0.479. The number of rotatable bonds is 4. The van der Waals surface area contributed by atoms with E-state index in [1.54, 1.807) is 30.3 Å². The maximum absolute atomic E-state index is 12.9. The van der Waals surface area contributed by atoms with E-state index in [1.165, 1.54) is 12.1 Å². The summed E-state index contributed by atoms with van der Waals surface area (Å²) in [7, 11) is 0. The Labute approximate surface area is 118 Å². The molecule has 0 spiro atoms. The second kappa shape index (κ2) is 5.84. The van der Waals surface area contributed by atoms with Gasteiger partial charge in [-0.15, -0.1) is 0 Å². The third-order valence-electron chi connectivity index (χ3n) is 2.55. The van der Waals surface area contributed by atoms with Crippen LogP contribution in [0.5, 0.6) is 5.75 Å². The van der Waals surface area contributed by atoms with Gasteiger partial charge >= 0.3 is 0 Å². The van der Waals surface area contributed by atoms with E-state index in [-0.39, 0.29) is 5.82 Å². The molecule has 3 nitrogen and oxygen atoms in total. The number of hydrogen-bond acceptors (Lipinski definition) is 2. The van der Waals surface area contributed by atoms with Crippen LogP contribution < -0.4 is 10.5 Å². The SMILES string of the molecule is NC(=O)c1ccc(OCc2ccc(F)cc2Br)cc1. The largest absolute Gasteiger partial charge is 0.489 e. The molecule has 0 aliphatic carbocycles. The number of amides is 1. The fourth-order valence-electron chi connectivity index (χ4n) is 1.52. The lowest BCUT2D eigenvalue weighted by Crippen LogP contribution is -2.10. The van der Waals surface area contributed by atoms with Gasteiger partial charge in [-0.2, -0.15) is 0 Å². The van der Waals surface area contributed by atoms with Crippen LogP contribution >= 0.6 is 15.9 Å². The first-order chi connectivity index (χ1) is 9.06. The smallest absolute Gasteiger partial charge is 0.248 e. The van der Waals surface area contributed by atoms with Crippen LogP contribution in [0.3, 0.4) is 0 Å². The summed E-state index contributed by atoms with van der Waals surface area (Å²) < 4.78 is 19.1. The number of nitrogens with two attached hydrogens (primary N) is 1. The van der Waals surface area contributed by atoms with Crippen molar-refractivity contribution in [1.82, 2.24) is 0 Å². The van der Waals surface area contributed by atoms with Gasteiger partial charge in [-0.1, -0.05) is 22.0 Å². The molecule has 1 amide bonds. The Morgan fingerprint density at radius 3 is 2.47 bits per heavy atom. The fraction of sp³-hybridized carbons (Fsp3) is 0.0714. The Bertz CT molecular complexity index is 599. The van der Waals surface area contributed by atoms with Crippen molar-refractivity contribution in [3.8, 4) is 5.75 Å². The van der Waals surface area contributed by atoms with Crippen molar-refractivity contribution in [3.63, 3.8) is 0 Å². The highest BCUT2D eigenvalue weighted by molar-refractivity contribution is 9.10. The van der Waals surface area contributed by atoms with Crippen molar-refractivity contribution < 1.29 is 13.9 Å². The fourth-order valence-corrected chi connectivity index (χ4v) is 1.98. The molecule has 0 radical (unpaired) electrons. The minimum absolute atomic E-state index is 0.302. The van der Waals surface area contributed by atoms with E-state index in [0.717, 1.165) is 5.56 Å². The summed E-state index contributed by atoms with van der Waals surface area (Å²) in [6, 6.07) is 10.9. The first kappa shape index (κ1) is 13.5. The van der Waals surface area contributed by atoms with Gasteiger partial charge < -0.3 is 10.5 Å². The Kier molecular flexibility index (Phi) is 4.16. The molecule has 2 N–H and O–H groups in total. The van der Waals surface area contributed by atoms with E-state index < -0.39 is 5.91 Å². The average Bonchev–Trinajstić information content (AvgIpc) is 2.38. The first-order valence-electron chi connectivity index (χ1n) is 5.53. The summed E-state index contributed by atoms with van der Waals surface area (Å²) in [5, 5.41) is 0. The highest BCUT2D eigenvalue weighted by atomic mass is 79.9. The summed E-state index contributed by atoms with van der Waals surface area (Å²) >= 11 is 3.27. The number of ether oxygens (including phenoxy) is 1. The molecule has 0 unspecified atom stereocenters. The van der Waals surface area contributed by atoms with E-state index in [9.17, 15) is 9.18 Å². The lowest BCUT2D eigenvalue weighted by molar-refractivity contribution is 0.100. The maximum Gasteiger partial charge on any atom is 0.248 e. The molecule has 0 bridgehead atoms. The topological polar surface area (TPSA) is 52.3 Å². The molecule has 0 atom stereocenters. The van der Waals surface area contributed by atoms with Crippen LogP contribution in [0.2, 0.25) is 0 Å². The van der Waals surface area contributed by atoms with E-state index in [2.05, 4.69) is 15.9 Å². The molecule has 0 saturated heterocycles. The standard InChI is InChI=1S/C14H11BrFNO2/c15-13-7-11(16)4-1-10(13)8-19-12-5-2-9(3-6-12)14(17)18/h1-7H,8H2,(H2,17,18). The van der Waals surface area contributed by atoms with Gasteiger partial charge in [0.05, 0.1) is 0 Å². The van der Waals surface area contributed by atoms with Crippen molar-refractivity contribution >= 4 is 21.8 Å². The quantitative estimate of drug-likeness (QED) is 0.938. The van der Waals surface area contributed by atoms with Crippen molar-refractivity contribution in [2.75, 3.05) is 0 Å². The molecule has 2 aromatic carbocycles. The Morgan fingerprint density at radius 2 is 1.89 bits per heavy atom. The number of carbonyl (C=O) groups excluding carboxylic acids is 1. The van der Waals surface area contributed by atoms with Gasteiger partial charge in [0, 0.05) is 15.6 Å². The molecule has 0 heterocycles. The molecular weight excluding hydrogens is 313 g/mol. The molecule has 19 heavy (non-hydrogen) atoms. The Hall–Kier alpha value is -1.88. The molecule has 0 aliphatic rings. The maximum atomic E-state index is 12.9. The first-order valence-corrected chi connectivity index (χ1v) is 6.32. The van der Waals surface area contributed by atoms with Gasteiger partial charge in [0.2, 0.25) is 5.91 Å². The molecule has 0 aromatic heterocycles. The van der Waals surface area contributed by atoms with Gasteiger partial charge in [0.1, 0.15) is 18.2 Å². The number of benzene rings is 2. The molecule has 0 aliphatic heterocycles. The van der Waals surface area contributed by atoms with Gasteiger partial charge in [0.25, 0.3) is 0 Å². The molecule has 2 rings (SSSR count). The summed E-state index contributed by atoms with van der Waals surface area (Å²) in [4.78, 5) is 10.9. The van der Waals surface area contributed by atoms with E-state index in [0.29, 0.717) is 22.4 Å². The summed E-state index contributed by atoms with van der Waals surface area (Å²) in [5.74, 6) is -0.171. The average molecular weight is 324 g/mol. The van der Waals surface area contributed by atoms with Crippen LogP contribution in [0.1, 0.15) is 15.9 Å².